The van der Waals surface area contributed by atoms with E-state index in [1.165, 1.54) is 0 Å². The van der Waals surface area contributed by atoms with Crippen molar-refractivity contribution in [1.82, 2.24) is 9.55 Å². The van der Waals surface area contributed by atoms with Crippen LogP contribution in [0, 0.1) is 0 Å². The SMILES string of the molecule is FC(F)(F)CCCn1cnc2c1CCC2. The molecule has 1 heterocycles. The summed E-state index contributed by atoms with van der Waals surface area (Å²) in [6, 6.07) is 0. The molecule has 1 aliphatic rings. The van der Waals surface area contributed by atoms with Crippen molar-refractivity contribution in [2.24, 2.45) is 0 Å². The predicted octanol–water partition coefficient (Wildman–Crippen LogP) is 2.71. The van der Waals surface area contributed by atoms with Gasteiger partial charge in [-0.15, -0.1) is 0 Å². The molecule has 5 heteroatoms. The first-order valence-corrected chi connectivity index (χ1v) is 5.16. The quantitative estimate of drug-likeness (QED) is 0.762. The van der Waals surface area contributed by atoms with Gasteiger partial charge in [0.25, 0.3) is 0 Å². The normalized spacial score (nSPS) is 15.7. The average Bonchev–Trinajstić information content (AvgIpc) is 2.66. The largest absolute Gasteiger partial charge is 0.389 e. The summed E-state index contributed by atoms with van der Waals surface area (Å²) in [6.07, 6.45) is 0.0803. The highest BCUT2D eigenvalue weighted by atomic mass is 19.4. The van der Waals surface area contributed by atoms with Gasteiger partial charge >= 0.3 is 6.18 Å². The van der Waals surface area contributed by atoms with E-state index < -0.39 is 12.6 Å². The molecule has 0 unspecified atom stereocenters. The fourth-order valence-electron chi connectivity index (χ4n) is 2.01. The van der Waals surface area contributed by atoms with E-state index in [0.29, 0.717) is 6.54 Å². The van der Waals surface area contributed by atoms with Gasteiger partial charge in [0.15, 0.2) is 0 Å². The third-order valence-electron chi connectivity index (χ3n) is 2.72. The number of fused-ring (bicyclic) bond motifs is 1. The smallest absolute Gasteiger partial charge is 0.334 e. The Morgan fingerprint density at radius 2 is 2.13 bits per heavy atom. The molecule has 2 nitrogen and oxygen atoms in total. The zero-order chi connectivity index (χ0) is 10.9. The number of rotatable bonds is 3. The minimum atomic E-state index is -4.04. The predicted molar refractivity (Wildman–Crippen MR) is 49.5 cm³/mol. The summed E-state index contributed by atoms with van der Waals surface area (Å²) in [5, 5.41) is 0. The minimum Gasteiger partial charge on any atom is -0.334 e. The van der Waals surface area contributed by atoms with Gasteiger partial charge in [-0.25, -0.2) is 4.98 Å². The van der Waals surface area contributed by atoms with Gasteiger partial charge in [0.1, 0.15) is 0 Å². The first kappa shape index (κ1) is 10.5. The van der Waals surface area contributed by atoms with E-state index in [1.54, 1.807) is 6.33 Å². The molecule has 0 aromatic carbocycles. The maximum Gasteiger partial charge on any atom is 0.389 e. The van der Waals surface area contributed by atoms with Crippen molar-refractivity contribution in [3.05, 3.63) is 17.7 Å². The third kappa shape index (κ3) is 2.52. The van der Waals surface area contributed by atoms with Gasteiger partial charge < -0.3 is 4.57 Å². The van der Waals surface area contributed by atoms with Crippen molar-refractivity contribution in [3.63, 3.8) is 0 Å². The van der Waals surface area contributed by atoms with Crippen LogP contribution in [0.1, 0.15) is 30.7 Å². The molecule has 15 heavy (non-hydrogen) atoms. The molecule has 1 aliphatic carbocycles. The van der Waals surface area contributed by atoms with E-state index in [2.05, 4.69) is 4.98 Å². The van der Waals surface area contributed by atoms with Gasteiger partial charge in [0.2, 0.25) is 0 Å². The summed E-state index contributed by atoms with van der Waals surface area (Å²) in [6.45, 7) is 0.432. The Morgan fingerprint density at radius 3 is 2.87 bits per heavy atom. The minimum absolute atomic E-state index is 0.145. The zero-order valence-corrected chi connectivity index (χ0v) is 8.35. The first-order valence-electron chi connectivity index (χ1n) is 5.16. The molecule has 0 aliphatic heterocycles. The molecular formula is C10H13F3N2. The molecule has 1 aromatic heterocycles. The second-order valence-electron chi connectivity index (χ2n) is 3.90. The molecule has 0 amide bonds. The second kappa shape index (κ2) is 3.87. The fourth-order valence-corrected chi connectivity index (χ4v) is 2.01. The van der Waals surface area contributed by atoms with Crippen LogP contribution in [-0.2, 0) is 19.4 Å². The van der Waals surface area contributed by atoms with Gasteiger partial charge in [-0.1, -0.05) is 0 Å². The number of hydrogen-bond donors (Lipinski definition) is 0. The van der Waals surface area contributed by atoms with Crippen LogP contribution in [0.4, 0.5) is 13.2 Å². The van der Waals surface area contributed by atoms with Crippen LogP contribution in [0.3, 0.4) is 0 Å². The lowest BCUT2D eigenvalue weighted by Crippen LogP contribution is -2.09. The van der Waals surface area contributed by atoms with E-state index in [1.807, 2.05) is 4.57 Å². The first-order chi connectivity index (χ1) is 7.06. The summed E-state index contributed by atoms with van der Waals surface area (Å²) in [4.78, 5) is 4.19. The van der Waals surface area contributed by atoms with Crippen molar-refractivity contribution in [3.8, 4) is 0 Å². The Balaban J connectivity index is 1.89. The maximum absolute atomic E-state index is 11.9. The molecule has 0 saturated heterocycles. The van der Waals surface area contributed by atoms with Crippen molar-refractivity contribution in [2.45, 2.75) is 44.8 Å². The Labute approximate surface area is 86.1 Å². The number of hydrogen-bond acceptors (Lipinski definition) is 1. The molecule has 0 saturated carbocycles. The van der Waals surface area contributed by atoms with Crippen LogP contribution >= 0.6 is 0 Å². The maximum atomic E-state index is 11.9. The monoisotopic (exact) mass is 218 g/mol. The van der Waals surface area contributed by atoms with E-state index in [9.17, 15) is 13.2 Å². The number of nitrogens with zero attached hydrogens (tertiary/aromatic N) is 2. The lowest BCUT2D eigenvalue weighted by molar-refractivity contribution is -0.135. The highest BCUT2D eigenvalue weighted by Crippen LogP contribution is 2.24. The molecule has 0 N–H and O–H groups in total. The van der Waals surface area contributed by atoms with Crippen molar-refractivity contribution in [1.29, 1.82) is 0 Å². The molecule has 0 atom stereocenters. The molecule has 0 bridgehead atoms. The van der Waals surface area contributed by atoms with Gasteiger partial charge in [-0.3, -0.25) is 0 Å². The highest BCUT2D eigenvalue weighted by molar-refractivity contribution is 5.18. The number of halogens is 3. The van der Waals surface area contributed by atoms with Crippen LogP contribution in [-0.4, -0.2) is 15.7 Å². The second-order valence-corrected chi connectivity index (χ2v) is 3.90. The Bertz CT molecular complexity index is 341. The number of imidazole rings is 1. The summed E-state index contributed by atoms with van der Waals surface area (Å²) < 4.78 is 37.7. The van der Waals surface area contributed by atoms with Crippen molar-refractivity contribution >= 4 is 0 Å². The van der Waals surface area contributed by atoms with Gasteiger partial charge in [0, 0.05) is 18.7 Å². The van der Waals surface area contributed by atoms with Crippen LogP contribution in [0.5, 0.6) is 0 Å². The lowest BCUT2D eigenvalue weighted by atomic mass is 10.3. The van der Waals surface area contributed by atoms with Crippen LogP contribution in [0.25, 0.3) is 0 Å². The topological polar surface area (TPSA) is 17.8 Å². The third-order valence-corrected chi connectivity index (χ3v) is 2.72. The van der Waals surface area contributed by atoms with E-state index in [4.69, 9.17) is 0 Å². The number of aromatic nitrogens is 2. The van der Waals surface area contributed by atoms with Gasteiger partial charge in [-0.05, 0) is 25.7 Å². The highest BCUT2D eigenvalue weighted by Gasteiger charge is 2.26. The van der Waals surface area contributed by atoms with Crippen molar-refractivity contribution < 1.29 is 13.2 Å². The molecule has 0 fully saturated rings. The summed E-state index contributed by atoms with van der Waals surface area (Å²) in [5.41, 5.74) is 2.21. The standard InChI is InChI=1S/C10H13F3N2/c11-10(12,13)5-2-6-15-7-14-8-3-1-4-9(8)15/h7H,1-6H2. The Hall–Kier alpha value is -1.00. The lowest BCUT2D eigenvalue weighted by Gasteiger charge is -2.08. The molecule has 0 spiro atoms. The molecule has 2 rings (SSSR count). The number of alkyl halides is 3. The van der Waals surface area contributed by atoms with Crippen molar-refractivity contribution in [2.75, 3.05) is 0 Å². The van der Waals surface area contributed by atoms with Crippen LogP contribution in [0.2, 0.25) is 0 Å². The Morgan fingerprint density at radius 1 is 1.33 bits per heavy atom. The van der Waals surface area contributed by atoms with E-state index in [0.717, 1.165) is 30.7 Å². The molecule has 1 aromatic rings. The molecular weight excluding hydrogens is 205 g/mol. The zero-order valence-electron chi connectivity index (χ0n) is 8.35. The molecule has 84 valence electrons. The van der Waals surface area contributed by atoms with E-state index in [-0.39, 0.29) is 6.42 Å². The van der Waals surface area contributed by atoms with E-state index >= 15 is 0 Å². The summed E-state index contributed by atoms with van der Waals surface area (Å²) in [7, 11) is 0. The van der Waals surface area contributed by atoms with Gasteiger partial charge in [0.05, 0.1) is 12.0 Å². The van der Waals surface area contributed by atoms with Crippen LogP contribution < -0.4 is 0 Å². The fraction of sp³-hybridized carbons (Fsp3) is 0.700. The Kier molecular flexibility index (Phi) is 2.71. The number of aryl methyl sites for hydroxylation is 2. The van der Waals surface area contributed by atoms with Gasteiger partial charge in [-0.2, -0.15) is 13.2 Å². The average molecular weight is 218 g/mol. The van der Waals surface area contributed by atoms with Crippen LogP contribution in [0.15, 0.2) is 6.33 Å². The summed E-state index contributed by atoms with van der Waals surface area (Å²) in [5.74, 6) is 0. The summed E-state index contributed by atoms with van der Waals surface area (Å²) >= 11 is 0. The molecule has 0 radical (unpaired) electrons.